The lowest BCUT2D eigenvalue weighted by Gasteiger charge is -2.17. The van der Waals surface area contributed by atoms with Crippen molar-refractivity contribution in [2.24, 2.45) is 0 Å². The summed E-state index contributed by atoms with van der Waals surface area (Å²) in [7, 11) is 0. The molecule has 1 aromatic carbocycles. The number of anilines is 2. The smallest absolute Gasteiger partial charge is 0.115 e. The summed E-state index contributed by atoms with van der Waals surface area (Å²) in [5, 5.41) is 7.70. The van der Waals surface area contributed by atoms with Crippen LogP contribution in [-0.4, -0.2) is 9.97 Å². The molecule has 0 saturated carbocycles. The van der Waals surface area contributed by atoms with E-state index in [1.807, 2.05) is 35.8 Å². The molecule has 0 spiro atoms. The van der Waals surface area contributed by atoms with Crippen LogP contribution in [0.15, 0.2) is 42.0 Å². The van der Waals surface area contributed by atoms with Gasteiger partial charge >= 0.3 is 0 Å². The fourth-order valence-corrected chi connectivity index (χ4v) is 3.03. The van der Waals surface area contributed by atoms with Crippen molar-refractivity contribution in [2.75, 3.05) is 11.1 Å². The van der Waals surface area contributed by atoms with E-state index in [1.54, 1.807) is 17.5 Å². The molecule has 3 rings (SSSR count). The lowest BCUT2D eigenvalue weighted by atomic mass is 10.1. The van der Waals surface area contributed by atoms with E-state index in [9.17, 15) is 0 Å². The molecule has 0 fully saturated rings. The largest absolute Gasteiger partial charge is 0.397 e. The predicted octanol–water partition coefficient (Wildman–Crippen LogP) is 3.84. The number of nitrogens with one attached hydrogen (secondary N) is 1. The molecule has 1 atom stereocenters. The van der Waals surface area contributed by atoms with Gasteiger partial charge in [0.05, 0.1) is 17.2 Å². The van der Waals surface area contributed by atoms with Crippen LogP contribution in [0, 0.1) is 0 Å². The Morgan fingerprint density at radius 1 is 1.25 bits per heavy atom. The third-order valence-electron chi connectivity index (χ3n) is 3.29. The summed E-state index contributed by atoms with van der Waals surface area (Å²) in [5.41, 5.74) is 8.57. The summed E-state index contributed by atoms with van der Waals surface area (Å²) in [6.45, 7) is 2.15. The monoisotopic (exact) mass is 284 g/mol. The number of fused-ring (bicyclic) bond motifs is 1. The number of thiazole rings is 1. The zero-order chi connectivity index (χ0) is 13.9. The first-order chi connectivity index (χ1) is 9.79. The van der Waals surface area contributed by atoms with Gasteiger partial charge in [-0.05, 0) is 18.6 Å². The van der Waals surface area contributed by atoms with Gasteiger partial charge in [0.25, 0.3) is 0 Å². The van der Waals surface area contributed by atoms with Gasteiger partial charge in [0.1, 0.15) is 5.01 Å². The molecule has 0 radical (unpaired) electrons. The van der Waals surface area contributed by atoms with Gasteiger partial charge in [0.15, 0.2) is 0 Å². The van der Waals surface area contributed by atoms with Gasteiger partial charge in [0, 0.05) is 28.8 Å². The van der Waals surface area contributed by atoms with Crippen molar-refractivity contribution in [3.63, 3.8) is 0 Å². The standard InChI is InChI=1S/C15H16N4S/c1-2-12(15-18-8-9-20-15)19-13-6-7-17-14-10(13)4-3-5-11(14)16/h3-9,12H,2,16H2,1H3,(H,17,19). The van der Waals surface area contributed by atoms with Crippen LogP contribution in [0.25, 0.3) is 10.9 Å². The fourth-order valence-electron chi connectivity index (χ4n) is 2.26. The van der Waals surface area contributed by atoms with Gasteiger partial charge in [-0.15, -0.1) is 11.3 Å². The van der Waals surface area contributed by atoms with Crippen LogP contribution in [0.1, 0.15) is 24.4 Å². The lowest BCUT2D eigenvalue weighted by Crippen LogP contribution is -2.09. The summed E-state index contributed by atoms with van der Waals surface area (Å²) in [6, 6.07) is 8.06. The Morgan fingerprint density at radius 2 is 2.15 bits per heavy atom. The van der Waals surface area contributed by atoms with E-state index < -0.39 is 0 Å². The van der Waals surface area contributed by atoms with E-state index in [-0.39, 0.29) is 6.04 Å². The second kappa shape index (κ2) is 5.46. The first-order valence-corrected chi connectivity index (χ1v) is 7.46. The molecule has 4 nitrogen and oxygen atoms in total. The molecule has 0 bridgehead atoms. The molecule has 0 aliphatic carbocycles. The van der Waals surface area contributed by atoms with Crippen molar-refractivity contribution >= 4 is 33.6 Å². The van der Waals surface area contributed by atoms with E-state index in [0.29, 0.717) is 5.69 Å². The maximum Gasteiger partial charge on any atom is 0.115 e. The summed E-state index contributed by atoms with van der Waals surface area (Å²) in [4.78, 5) is 8.76. The molecule has 0 amide bonds. The highest BCUT2D eigenvalue weighted by Gasteiger charge is 2.13. The molecule has 1 unspecified atom stereocenters. The van der Waals surface area contributed by atoms with Crippen LogP contribution in [0.4, 0.5) is 11.4 Å². The summed E-state index contributed by atoms with van der Waals surface area (Å²) >= 11 is 1.67. The average molecular weight is 284 g/mol. The van der Waals surface area contributed by atoms with Crippen LogP contribution in [0.5, 0.6) is 0 Å². The van der Waals surface area contributed by atoms with Gasteiger partial charge in [-0.25, -0.2) is 4.98 Å². The molecule has 20 heavy (non-hydrogen) atoms. The van der Waals surface area contributed by atoms with Crippen molar-refractivity contribution in [3.05, 3.63) is 47.0 Å². The van der Waals surface area contributed by atoms with E-state index >= 15 is 0 Å². The van der Waals surface area contributed by atoms with Crippen molar-refractivity contribution < 1.29 is 0 Å². The van der Waals surface area contributed by atoms with Crippen LogP contribution in [-0.2, 0) is 0 Å². The second-order valence-corrected chi connectivity index (χ2v) is 5.50. The molecule has 5 heteroatoms. The second-order valence-electron chi connectivity index (χ2n) is 4.58. The normalized spacial score (nSPS) is 12.4. The first-order valence-electron chi connectivity index (χ1n) is 6.58. The van der Waals surface area contributed by atoms with Gasteiger partial charge in [-0.1, -0.05) is 19.1 Å². The Morgan fingerprint density at radius 3 is 2.90 bits per heavy atom. The molecule has 0 saturated heterocycles. The van der Waals surface area contributed by atoms with Crippen LogP contribution in [0.2, 0.25) is 0 Å². The number of para-hydroxylation sites is 1. The van der Waals surface area contributed by atoms with Gasteiger partial charge in [0.2, 0.25) is 0 Å². The maximum atomic E-state index is 5.98. The number of nitrogens with two attached hydrogens (primary N) is 1. The van der Waals surface area contributed by atoms with Gasteiger partial charge in [-0.3, -0.25) is 4.98 Å². The molecular formula is C15H16N4S. The topological polar surface area (TPSA) is 63.8 Å². The lowest BCUT2D eigenvalue weighted by molar-refractivity contribution is 0.743. The Labute approximate surface area is 121 Å². The van der Waals surface area contributed by atoms with Crippen LogP contribution < -0.4 is 11.1 Å². The van der Waals surface area contributed by atoms with Crippen LogP contribution in [0.3, 0.4) is 0 Å². The Kier molecular flexibility index (Phi) is 3.52. The Balaban J connectivity index is 2.00. The van der Waals surface area contributed by atoms with E-state index in [2.05, 4.69) is 22.2 Å². The number of rotatable bonds is 4. The minimum Gasteiger partial charge on any atom is -0.397 e. The molecule has 2 heterocycles. The minimum absolute atomic E-state index is 0.210. The Hall–Kier alpha value is -2.14. The van der Waals surface area contributed by atoms with Crippen molar-refractivity contribution in [1.29, 1.82) is 0 Å². The minimum atomic E-state index is 0.210. The SMILES string of the molecule is CCC(Nc1ccnc2c(N)cccc12)c1nccs1. The predicted molar refractivity (Wildman–Crippen MR) is 84.9 cm³/mol. The highest BCUT2D eigenvalue weighted by molar-refractivity contribution is 7.09. The third-order valence-corrected chi connectivity index (χ3v) is 4.18. The molecule has 102 valence electrons. The molecular weight excluding hydrogens is 268 g/mol. The van der Waals surface area contributed by atoms with E-state index in [4.69, 9.17) is 5.73 Å². The highest BCUT2D eigenvalue weighted by atomic mass is 32.1. The number of nitrogen functional groups attached to an aromatic ring is 1. The maximum absolute atomic E-state index is 5.98. The molecule has 0 aliphatic heterocycles. The average Bonchev–Trinajstić information content (AvgIpc) is 2.99. The summed E-state index contributed by atoms with van der Waals surface area (Å²) in [5.74, 6) is 0. The summed E-state index contributed by atoms with van der Waals surface area (Å²) < 4.78 is 0. The third kappa shape index (κ3) is 2.32. The van der Waals surface area contributed by atoms with Gasteiger partial charge in [-0.2, -0.15) is 0 Å². The summed E-state index contributed by atoms with van der Waals surface area (Å²) in [6.07, 6.45) is 4.60. The van der Waals surface area contributed by atoms with Gasteiger partial charge < -0.3 is 11.1 Å². The van der Waals surface area contributed by atoms with Crippen LogP contribution >= 0.6 is 11.3 Å². The number of pyridine rings is 1. The van der Waals surface area contributed by atoms with E-state index in [0.717, 1.165) is 28.0 Å². The van der Waals surface area contributed by atoms with Crippen molar-refractivity contribution in [3.8, 4) is 0 Å². The number of aromatic nitrogens is 2. The zero-order valence-electron chi connectivity index (χ0n) is 11.2. The molecule has 2 aromatic heterocycles. The Bertz CT molecular complexity index is 709. The number of hydrogen-bond acceptors (Lipinski definition) is 5. The molecule has 3 aromatic rings. The van der Waals surface area contributed by atoms with E-state index in [1.165, 1.54) is 0 Å². The quantitative estimate of drug-likeness (QED) is 0.715. The number of nitrogens with zero attached hydrogens (tertiary/aromatic N) is 2. The molecule has 3 N–H and O–H groups in total. The number of hydrogen-bond donors (Lipinski definition) is 2. The number of benzene rings is 1. The zero-order valence-corrected chi connectivity index (χ0v) is 12.0. The fraction of sp³-hybridized carbons (Fsp3) is 0.200. The van der Waals surface area contributed by atoms with Crippen molar-refractivity contribution in [2.45, 2.75) is 19.4 Å². The molecule has 0 aliphatic rings. The first kappa shape index (κ1) is 12.9. The highest BCUT2D eigenvalue weighted by Crippen LogP contribution is 2.30. The van der Waals surface area contributed by atoms with Crippen molar-refractivity contribution in [1.82, 2.24) is 9.97 Å².